The van der Waals surface area contributed by atoms with Crippen LogP contribution in [0.3, 0.4) is 0 Å². The molecule has 2 aromatic heterocycles. The maximum Gasteiger partial charge on any atom is 0.165 e. The smallest absolute Gasteiger partial charge is 0.165 e. The number of fused-ring (bicyclic) bond motifs is 2. The van der Waals surface area contributed by atoms with E-state index in [0.29, 0.717) is 0 Å². The minimum atomic E-state index is -0.516. The van der Waals surface area contributed by atoms with Crippen LogP contribution < -0.4 is 0 Å². The van der Waals surface area contributed by atoms with Crippen LogP contribution in [0.1, 0.15) is 16.8 Å². The molecule has 0 N–H and O–H groups in total. The molecule has 118 valence electrons. The van der Waals surface area contributed by atoms with E-state index in [4.69, 9.17) is 0 Å². The van der Waals surface area contributed by atoms with E-state index in [1.807, 2.05) is 43.3 Å². The quantitative estimate of drug-likeness (QED) is 0.489. The SMILES string of the molecule is C=C(c1ccc2c(ccn2CF)c1)c1cc(C)nc2ccccc12. The molecule has 2 heterocycles. The highest BCUT2D eigenvalue weighted by molar-refractivity contribution is 5.97. The number of benzene rings is 2. The lowest BCUT2D eigenvalue weighted by Crippen LogP contribution is -1.93. The summed E-state index contributed by atoms with van der Waals surface area (Å²) in [5.74, 6) is 0. The number of aryl methyl sites for hydroxylation is 1. The fourth-order valence-electron chi connectivity index (χ4n) is 3.21. The van der Waals surface area contributed by atoms with Gasteiger partial charge in [-0.05, 0) is 54.0 Å². The summed E-state index contributed by atoms with van der Waals surface area (Å²) in [4.78, 5) is 4.59. The van der Waals surface area contributed by atoms with Crippen molar-refractivity contribution in [3.63, 3.8) is 0 Å². The highest BCUT2D eigenvalue weighted by Gasteiger charge is 2.10. The number of alkyl halides is 1. The predicted octanol–water partition coefficient (Wildman–Crippen LogP) is 5.49. The summed E-state index contributed by atoms with van der Waals surface area (Å²) < 4.78 is 14.6. The lowest BCUT2D eigenvalue weighted by molar-refractivity contribution is 0.386. The average molecular weight is 316 g/mol. The molecule has 0 atom stereocenters. The Hall–Kier alpha value is -2.94. The van der Waals surface area contributed by atoms with Crippen molar-refractivity contribution in [2.75, 3.05) is 0 Å². The summed E-state index contributed by atoms with van der Waals surface area (Å²) in [6.07, 6.45) is 1.77. The number of para-hydroxylation sites is 1. The van der Waals surface area contributed by atoms with E-state index in [9.17, 15) is 4.39 Å². The molecule has 24 heavy (non-hydrogen) atoms. The molecule has 4 rings (SSSR count). The lowest BCUT2D eigenvalue weighted by Gasteiger charge is -2.11. The van der Waals surface area contributed by atoms with Gasteiger partial charge < -0.3 is 4.57 Å². The highest BCUT2D eigenvalue weighted by atomic mass is 19.1. The van der Waals surface area contributed by atoms with Crippen LogP contribution in [0.2, 0.25) is 0 Å². The highest BCUT2D eigenvalue weighted by Crippen LogP contribution is 2.30. The summed E-state index contributed by atoms with van der Waals surface area (Å²) in [6, 6.07) is 18.1. The standard InChI is InChI=1S/C21H17FN2/c1-14-11-19(18-5-3-4-6-20(18)23-14)15(2)16-7-8-21-17(12-16)9-10-24(21)13-22/h3-12H,2,13H2,1H3. The molecule has 0 aliphatic carbocycles. The van der Waals surface area contributed by atoms with Crippen molar-refractivity contribution in [3.8, 4) is 0 Å². The van der Waals surface area contributed by atoms with Crippen molar-refractivity contribution >= 4 is 27.4 Å². The van der Waals surface area contributed by atoms with Crippen LogP contribution in [0.5, 0.6) is 0 Å². The van der Waals surface area contributed by atoms with Gasteiger partial charge in [0.15, 0.2) is 6.80 Å². The minimum absolute atomic E-state index is 0.516. The second-order valence-electron chi connectivity index (χ2n) is 5.99. The van der Waals surface area contributed by atoms with Gasteiger partial charge in [-0.25, -0.2) is 4.39 Å². The number of hydrogen-bond acceptors (Lipinski definition) is 1. The van der Waals surface area contributed by atoms with E-state index in [0.717, 1.165) is 44.2 Å². The maximum absolute atomic E-state index is 13.0. The van der Waals surface area contributed by atoms with Crippen LogP contribution in [-0.2, 0) is 6.80 Å². The Morgan fingerprint density at radius 1 is 1.12 bits per heavy atom. The van der Waals surface area contributed by atoms with E-state index >= 15 is 0 Å². The number of hydrogen-bond donors (Lipinski definition) is 0. The Morgan fingerprint density at radius 2 is 1.96 bits per heavy atom. The summed E-state index contributed by atoms with van der Waals surface area (Å²) in [5.41, 5.74) is 5.90. The number of pyridine rings is 1. The second-order valence-corrected chi connectivity index (χ2v) is 5.99. The van der Waals surface area contributed by atoms with Gasteiger partial charge in [0.2, 0.25) is 0 Å². The first-order chi connectivity index (χ1) is 11.7. The number of rotatable bonds is 3. The molecule has 0 unspecified atom stereocenters. The van der Waals surface area contributed by atoms with Crippen molar-refractivity contribution in [2.24, 2.45) is 0 Å². The topological polar surface area (TPSA) is 17.8 Å². The first-order valence-corrected chi connectivity index (χ1v) is 7.88. The molecule has 0 saturated carbocycles. The van der Waals surface area contributed by atoms with Crippen LogP contribution >= 0.6 is 0 Å². The Balaban J connectivity index is 1.87. The zero-order valence-corrected chi connectivity index (χ0v) is 13.5. The maximum atomic E-state index is 13.0. The summed E-state index contributed by atoms with van der Waals surface area (Å²) in [5, 5.41) is 2.11. The van der Waals surface area contributed by atoms with Gasteiger partial charge in [-0.3, -0.25) is 4.98 Å². The van der Waals surface area contributed by atoms with Gasteiger partial charge in [0.05, 0.1) is 11.0 Å². The van der Waals surface area contributed by atoms with E-state index in [1.54, 1.807) is 10.8 Å². The van der Waals surface area contributed by atoms with Gasteiger partial charge in [-0.2, -0.15) is 0 Å². The van der Waals surface area contributed by atoms with Crippen molar-refractivity contribution in [1.29, 1.82) is 0 Å². The first kappa shape index (κ1) is 14.6. The Bertz CT molecular complexity index is 1080. The fourth-order valence-corrected chi connectivity index (χ4v) is 3.21. The summed E-state index contributed by atoms with van der Waals surface area (Å²) >= 11 is 0. The van der Waals surface area contributed by atoms with Crippen LogP contribution in [0.4, 0.5) is 4.39 Å². The summed E-state index contributed by atoms with van der Waals surface area (Å²) in [7, 11) is 0. The zero-order chi connectivity index (χ0) is 16.7. The van der Waals surface area contributed by atoms with Crippen molar-refractivity contribution in [2.45, 2.75) is 13.7 Å². The van der Waals surface area contributed by atoms with Crippen molar-refractivity contribution < 1.29 is 4.39 Å². The molecular weight excluding hydrogens is 299 g/mol. The Morgan fingerprint density at radius 3 is 2.79 bits per heavy atom. The van der Waals surface area contributed by atoms with Gasteiger partial charge >= 0.3 is 0 Å². The van der Waals surface area contributed by atoms with Gasteiger partial charge in [-0.1, -0.05) is 30.8 Å². The Labute approximate surface area is 139 Å². The minimum Gasteiger partial charge on any atom is -0.319 e. The number of aromatic nitrogens is 2. The van der Waals surface area contributed by atoms with Gasteiger partial charge in [0, 0.05) is 22.7 Å². The van der Waals surface area contributed by atoms with Crippen molar-refractivity contribution in [1.82, 2.24) is 9.55 Å². The zero-order valence-electron chi connectivity index (χ0n) is 13.5. The molecule has 0 radical (unpaired) electrons. The molecule has 0 fully saturated rings. The van der Waals surface area contributed by atoms with Gasteiger partial charge in [-0.15, -0.1) is 0 Å². The molecule has 0 aliphatic rings. The molecule has 0 saturated heterocycles. The van der Waals surface area contributed by atoms with Gasteiger partial charge in [0.1, 0.15) is 0 Å². The van der Waals surface area contributed by atoms with Crippen molar-refractivity contribution in [3.05, 3.63) is 84.2 Å². The second kappa shape index (κ2) is 5.60. The first-order valence-electron chi connectivity index (χ1n) is 7.88. The molecule has 3 heteroatoms. The molecule has 2 nitrogen and oxygen atoms in total. The van der Waals surface area contributed by atoms with Crippen LogP contribution in [0, 0.1) is 6.92 Å². The molecule has 0 bridgehead atoms. The lowest BCUT2D eigenvalue weighted by atomic mass is 9.95. The van der Waals surface area contributed by atoms with Crippen LogP contribution in [-0.4, -0.2) is 9.55 Å². The number of nitrogens with zero attached hydrogens (tertiary/aromatic N) is 2. The Kier molecular flexibility index (Phi) is 3.42. The van der Waals surface area contributed by atoms with E-state index in [-0.39, 0.29) is 0 Å². The monoisotopic (exact) mass is 316 g/mol. The third kappa shape index (κ3) is 2.29. The normalized spacial score (nSPS) is 11.2. The molecule has 0 amide bonds. The van der Waals surface area contributed by atoms with E-state index in [2.05, 4.69) is 29.8 Å². The van der Waals surface area contributed by atoms with Crippen LogP contribution in [0.25, 0.3) is 27.4 Å². The molecule has 0 spiro atoms. The largest absolute Gasteiger partial charge is 0.319 e. The summed E-state index contributed by atoms with van der Waals surface area (Å²) in [6.45, 7) is 5.79. The molecule has 2 aromatic carbocycles. The van der Waals surface area contributed by atoms with Gasteiger partial charge in [0.25, 0.3) is 0 Å². The van der Waals surface area contributed by atoms with Crippen LogP contribution in [0.15, 0.2) is 67.4 Å². The van der Waals surface area contributed by atoms with E-state index in [1.165, 1.54) is 0 Å². The predicted molar refractivity (Wildman–Crippen MR) is 97.7 cm³/mol. The molecule has 4 aromatic rings. The fraction of sp³-hybridized carbons (Fsp3) is 0.0952. The number of halogens is 1. The third-order valence-electron chi connectivity index (χ3n) is 4.42. The third-order valence-corrected chi connectivity index (χ3v) is 4.42. The average Bonchev–Trinajstić information content (AvgIpc) is 3.02. The van der Waals surface area contributed by atoms with E-state index < -0.39 is 6.80 Å². The molecular formula is C21H17FN2. The molecule has 0 aliphatic heterocycles.